The molecule has 129 heavy (non-hydrogen) atoms. The van der Waals surface area contributed by atoms with Crippen LogP contribution in [-0.2, 0) is 54.4 Å². The predicted octanol–water partition coefficient (Wildman–Crippen LogP) is 10.6. The van der Waals surface area contributed by atoms with Crippen LogP contribution in [-0.4, -0.2) is 335 Å². The molecule has 6 N–H and O–H groups in total. The summed E-state index contributed by atoms with van der Waals surface area (Å²) in [5, 5.41) is 59.5. The van der Waals surface area contributed by atoms with Crippen LogP contribution in [0.25, 0.3) is 33.4 Å². The Bertz CT molecular complexity index is 4900. The van der Waals surface area contributed by atoms with E-state index in [0.717, 1.165) is 18.1 Å². The first-order valence-electron chi connectivity index (χ1n) is 42.7. The third-order valence-electron chi connectivity index (χ3n) is 22.8. The second-order valence-corrected chi connectivity index (χ2v) is 47.2. The minimum atomic E-state index is -2.31. The molecule has 0 atom stereocenters. The minimum absolute atomic E-state index is 0.00639. The van der Waals surface area contributed by atoms with Crippen LogP contribution in [0.1, 0.15) is 173 Å². The highest BCUT2D eigenvalue weighted by Crippen LogP contribution is 2.34. The zero-order valence-electron chi connectivity index (χ0n) is 74.6. The monoisotopic (exact) mass is 1860 g/mol. The van der Waals surface area contributed by atoms with Crippen molar-refractivity contribution in [2.75, 3.05) is 158 Å². The first kappa shape index (κ1) is 100. The lowest BCUT2D eigenvalue weighted by atomic mass is 9.95. The number of carboxylic acids is 6. The van der Waals surface area contributed by atoms with Crippen molar-refractivity contribution in [1.29, 1.82) is 0 Å². The van der Waals surface area contributed by atoms with Gasteiger partial charge >= 0.3 is 70.1 Å². The van der Waals surface area contributed by atoms with Crippen LogP contribution >= 0.6 is 0 Å². The number of benzene rings is 6. The van der Waals surface area contributed by atoms with Gasteiger partial charge in [0, 0.05) is 78.5 Å². The molecule has 6 aromatic carbocycles. The fourth-order valence-corrected chi connectivity index (χ4v) is 21.5. The first-order valence-corrected chi connectivity index (χ1v) is 53.1. The van der Waals surface area contributed by atoms with E-state index in [-0.39, 0.29) is 185 Å². The number of hydrogen-bond acceptors (Lipinski definition) is 24. The van der Waals surface area contributed by atoms with Gasteiger partial charge in [0.15, 0.2) is 11.6 Å². The number of carboxylic acid groups (broad SMARTS) is 6. The average Bonchev–Trinajstić information content (AvgIpc) is 0.792. The van der Waals surface area contributed by atoms with Gasteiger partial charge in [0.05, 0.1) is 146 Å². The molecule has 40 heteroatoms. The highest BCUT2D eigenvalue weighted by atomic mass is 28.4. The van der Waals surface area contributed by atoms with Crippen molar-refractivity contribution in [3.63, 3.8) is 0 Å². The first-order chi connectivity index (χ1) is 61.0. The molecule has 6 aromatic rings. The van der Waals surface area contributed by atoms with Gasteiger partial charge in [-0.3, -0.25) is 28.8 Å². The molecule has 0 spiro atoms. The molecular weight excluding hydrogens is 1750 g/mol. The SMILES string of the molecule is CC1(C)OCCN(C(=O)c2ccc(-c3ccc(C(=O)O)c(C(=O)N4CCOC(C)(C)OCC4)c3)cc2C(=O)O)CCO1.CC[Si]1(C)OCCN(C(=O)c2ccc(-c3ccc(C(=O)O)c(C(=O)N4CCO[Si](CC)(CC)OCC4)c3)cc2C(=O)O)CCO1.C[Si]1(C)OCCN(C(=O)c2ccc(-c3ccc(C(=O)O)c(C(=O)N4CCO[Si](C)(C)OCC4)c3)cc2C(=O)O)CCO1. The van der Waals surface area contributed by atoms with E-state index in [1.54, 1.807) is 45.9 Å². The standard InChI is InChI=1S/C31H42N2O10Si2.C30H36N2O10.C28H36N2O10Si2/c1-5-44(4)40-16-12-32(13-17-41-44)28(34)24-10-8-23(21-27(24)31(38)39)22-9-11-25(30(36)37)26(20-22)29(35)33-14-18-42-45(6-2,7-3)43-19-15-33;1-29(2)39-13-9-31(10-14-40-29)25(33)21-7-5-20(18-24(21)28(37)38)19-6-8-22(27(35)36)23(17-19)26(34)32-11-15-41-30(3,4)42-16-12-32;1-41(2)37-13-9-29(10-14-38-41)25(31)21-7-5-20(18-24(21)28(35)36)19-6-8-22(27(33)34)23(17-19)26(32)30-11-15-39-42(3,4)40-16-12-30/h8-11,20-21H,5-7,12-19H2,1-4H3,(H,36,37)(H,38,39);5-8,17-18H,9-16H2,1-4H3,(H,35,36)(H,37,38);5-8,17-18H,9-16H2,1-4H3,(H,33,34)(H,35,36). The van der Waals surface area contributed by atoms with E-state index in [4.69, 9.17) is 54.4 Å². The van der Waals surface area contributed by atoms with Crippen molar-refractivity contribution < 1.29 is 143 Å². The van der Waals surface area contributed by atoms with E-state index in [1.165, 1.54) is 120 Å². The average molecular weight is 1860 g/mol. The Morgan fingerprint density at radius 1 is 0.256 bits per heavy atom. The summed E-state index contributed by atoms with van der Waals surface area (Å²) in [4.78, 5) is 163. The quantitative estimate of drug-likeness (QED) is 0.0435. The molecule has 6 aliphatic rings. The normalized spacial score (nSPS) is 19.0. The van der Waals surface area contributed by atoms with Crippen molar-refractivity contribution in [1.82, 2.24) is 29.4 Å². The fourth-order valence-electron chi connectivity index (χ4n) is 15.2. The fraction of sp³-hybridized carbons (Fsp3) is 0.461. The maximum Gasteiger partial charge on any atom is 0.337 e. The van der Waals surface area contributed by atoms with E-state index in [0.29, 0.717) is 72.8 Å². The lowest BCUT2D eigenvalue weighted by Crippen LogP contribution is -2.49. The van der Waals surface area contributed by atoms with Gasteiger partial charge in [-0.15, -0.1) is 0 Å². The third-order valence-corrected chi connectivity index (χ3v) is 32.9. The predicted molar refractivity (Wildman–Crippen MR) is 476 cm³/mol. The molecule has 12 rings (SSSR count). The lowest BCUT2D eigenvalue weighted by Gasteiger charge is -2.34. The van der Waals surface area contributed by atoms with E-state index in [2.05, 4.69) is 0 Å². The molecule has 0 bridgehead atoms. The molecule has 0 unspecified atom stereocenters. The zero-order valence-corrected chi connectivity index (χ0v) is 78.6. The molecule has 36 nitrogen and oxygen atoms in total. The van der Waals surface area contributed by atoms with Gasteiger partial charge in [-0.05, 0) is 185 Å². The zero-order chi connectivity index (χ0) is 94.1. The van der Waals surface area contributed by atoms with Crippen molar-refractivity contribution >= 4 is 106 Å². The number of ether oxygens (including phenoxy) is 4. The Morgan fingerprint density at radius 3 is 0.651 bits per heavy atom. The lowest BCUT2D eigenvalue weighted by molar-refractivity contribution is -0.224. The Morgan fingerprint density at radius 2 is 0.442 bits per heavy atom. The molecule has 696 valence electrons. The van der Waals surface area contributed by atoms with Gasteiger partial charge in [-0.2, -0.15) is 0 Å². The maximum atomic E-state index is 13.7. The Labute approximate surface area is 751 Å². The third kappa shape index (κ3) is 26.2. The Balaban J connectivity index is 0.000000201. The smallest absolute Gasteiger partial charge is 0.337 e. The van der Waals surface area contributed by atoms with Crippen LogP contribution in [0.3, 0.4) is 0 Å². The van der Waals surface area contributed by atoms with E-state index in [9.17, 15) is 88.2 Å². The molecule has 6 amide bonds. The molecule has 0 saturated carbocycles. The van der Waals surface area contributed by atoms with Crippen LogP contribution in [0, 0.1) is 0 Å². The summed E-state index contributed by atoms with van der Waals surface area (Å²) in [6, 6.07) is 28.3. The number of aromatic carboxylic acids is 6. The van der Waals surface area contributed by atoms with Gasteiger partial charge in [0.25, 0.3) is 35.4 Å². The molecular formula is C89H114N6O30Si4. The van der Waals surface area contributed by atoms with Crippen LogP contribution in [0.2, 0.25) is 50.9 Å². The van der Waals surface area contributed by atoms with Crippen molar-refractivity contribution in [3.8, 4) is 33.4 Å². The molecule has 0 aromatic heterocycles. The summed E-state index contributed by atoms with van der Waals surface area (Å²) in [6.45, 7) is 29.3. The van der Waals surface area contributed by atoms with Gasteiger partial charge in [-0.25, -0.2) is 28.8 Å². The molecule has 6 aliphatic heterocycles. The molecule has 6 fully saturated rings. The van der Waals surface area contributed by atoms with Gasteiger partial charge in [0.2, 0.25) is 0 Å². The van der Waals surface area contributed by atoms with Crippen LogP contribution in [0.5, 0.6) is 0 Å². The highest BCUT2D eigenvalue weighted by Gasteiger charge is 2.40. The van der Waals surface area contributed by atoms with Crippen molar-refractivity contribution in [2.24, 2.45) is 0 Å². The minimum Gasteiger partial charge on any atom is -0.478 e. The number of carbonyl (C=O) groups excluding carboxylic acids is 6. The summed E-state index contributed by atoms with van der Waals surface area (Å²) in [5.41, 5.74) is 1.21. The second-order valence-electron chi connectivity index (χ2n) is 33.0. The second kappa shape index (κ2) is 43.8. The largest absolute Gasteiger partial charge is 0.478 e. The summed E-state index contributed by atoms with van der Waals surface area (Å²) < 4.78 is 69.9. The van der Waals surface area contributed by atoms with Gasteiger partial charge < -0.3 is 114 Å². The summed E-state index contributed by atoms with van der Waals surface area (Å²) in [6.07, 6.45) is 0. The number of hydrogen-bond donors (Lipinski definition) is 6. The van der Waals surface area contributed by atoms with Crippen molar-refractivity contribution in [3.05, 3.63) is 176 Å². The molecule has 6 heterocycles. The summed E-state index contributed by atoms with van der Waals surface area (Å²) in [5.74, 6) is -12.1. The van der Waals surface area contributed by atoms with Crippen LogP contribution < -0.4 is 0 Å². The Hall–Kier alpha value is -10.7. The summed E-state index contributed by atoms with van der Waals surface area (Å²) >= 11 is 0. The van der Waals surface area contributed by atoms with Crippen LogP contribution in [0.4, 0.5) is 0 Å². The maximum absolute atomic E-state index is 13.7. The van der Waals surface area contributed by atoms with Crippen molar-refractivity contribution in [2.45, 2.75) is 111 Å². The number of nitrogens with zero attached hydrogens (tertiary/aromatic N) is 6. The summed E-state index contributed by atoms with van der Waals surface area (Å²) in [7, 11) is -9.08. The van der Waals surface area contributed by atoms with E-state index in [1.807, 2.05) is 53.5 Å². The topological polar surface area (TPSA) is 456 Å². The van der Waals surface area contributed by atoms with Gasteiger partial charge in [0.1, 0.15) is 0 Å². The number of carbonyl (C=O) groups is 12. The highest BCUT2D eigenvalue weighted by molar-refractivity contribution is 6.67. The van der Waals surface area contributed by atoms with E-state index < -0.39 is 117 Å². The number of amides is 6. The molecule has 0 radical (unpaired) electrons. The number of rotatable bonds is 18. The molecule has 6 saturated heterocycles. The van der Waals surface area contributed by atoms with Crippen LogP contribution in [0.15, 0.2) is 109 Å². The Kier molecular flexibility index (Phi) is 34.2. The van der Waals surface area contributed by atoms with E-state index >= 15 is 0 Å². The van der Waals surface area contributed by atoms with Gasteiger partial charge in [-0.1, -0.05) is 57.2 Å². The molecule has 0 aliphatic carbocycles.